The number of methoxy groups -OCH3 is 1. The topological polar surface area (TPSA) is 224 Å². The van der Waals surface area contributed by atoms with Gasteiger partial charge in [-0.1, -0.05) is 64.5 Å². The summed E-state index contributed by atoms with van der Waals surface area (Å²) >= 11 is 0. The van der Waals surface area contributed by atoms with E-state index in [9.17, 15) is 28.8 Å². The molecule has 0 bridgehead atoms. The minimum absolute atomic E-state index is 0.0456. The molecule has 6 aliphatic rings. The van der Waals surface area contributed by atoms with Gasteiger partial charge in [0.15, 0.2) is 30.3 Å². The second-order valence-corrected chi connectivity index (χ2v) is 24.0. The molecule has 2 heterocycles. The number of rotatable bonds is 13. The zero-order chi connectivity index (χ0) is 54.6. The first-order valence-electron chi connectivity index (χ1n) is 26.3. The van der Waals surface area contributed by atoms with Gasteiger partial charge in [-0.2, -0.15) is 0 Å². The number of fused-ring (bicyclic) bond motifs is 7. The summed E-state index contributed by atoms with van der Waals surface area (Å²) in [7, 11) is 1.61. The van der Waals surface area contributed by atoms with Crippen LogP contribution in [0, 0.1) is 50.2 Å². The number of aromatic nitrogens is 3. The zero-order valence-electron chi connectivity index (χ0n) is 45.6. The van der Waals surface area contributed by atoms with Crippen LogP contribution in [-0.4, -0.2) is 101 Å². The second-order valence-electron chi connectivity index (χ2n) is 24.0. The Morgan fingerprint density at radius 2 is 1.41 bits per heavy atom. The summed E-state index contributed by atoms with van der Waals surface area (Å²) in [5.74, 6) is -2.98. The summed E-state index contributed by atoms with van der Waals surface area (Å²) in [5, 5.41) is 8.44. The zero-order valence-corrected chi connectivity index (χ0v) is 45.6. The van der Waals surface area contributed by atoms with Gasteiger partial charge in [0.2, 0.25) is 0 Å². The summed E-state index contributed by atoms with van der Waals surface area (Å²) in [6.07, 6.45) is 6.58. The Morgan fingerprint density at radius 3 is 2.07 bits per heavy atom. The summed E-state index contributed by atoms with van der Waals surface area (Å²) in [6, 6.07) is 7.47. The number of hydrogen-bond acceptors (Lipinski definition) is 17. The number of ether oxygens (including phenoxy) is 8. The van der Waals surface area contributed by atoms with Crippen LogP contribution in [0.2, 0.25) is 0 Å². The van der Waals surface area contributed by atoms with Crippen molar-refractivity contribution in [3.63, 3.8) is 0 Å². The lowest BCUT2D eigenvalue weighted by molar-refractivity contribution is -0.270. The Balaban J connectivity index is 0.981. The standard InChI is InChI=1S/C57H75N3O15/c1-32(61)69-31-42-46(71-33(2)62)47(72-34(3)63)48(73-35(4)64)50(74-42)60-29-37(58-59-60)30-70-51(67)54(8)24-23-53(7)25-26-56(10)39(40(53)28-54)27-41(65)49-55(9)21-20-44(52(5,6)43(55)19-22-57(49,56)11)75-45(66)18-15-36-13-16-38(68-12)17-14-36/h13-18,27,29,40,42-44,46-50H,19-26,28,30-31H2,1-12H3/b18-15+/t40-,42-,43?,44+,46+,47+,48-,49-,50-,53-,54+,55+,56-,57-/m1/s1. The van der Waals surface area contributed by atoms with Gasteiger partial charge < -0.3 is 37.9 Å². The Kier molecular flexibility index (Phi) is 15.2. The Morgan fingerprint density at radius 1 is 0.760 bits per heavy atom. The van der Waals surface area contributed by atoms with Crippen LogP contribution in [0.4, 0.5) is 0 Å². The van der Waals surface area contributed by atoms with Gasteiger partial charge in [-0.3, -0.25) is 28.8 Å². The van der Waals surface area contributed by atoms with Crippen molar-refractivity contribution >= 4 is 47.7 Å². The fourth-order valence-electron chi connectivity index (χ4n) is 14.8. The molecule has 75 heavy (non-hydrogen) atoms. The predicted octanol–water partition coefficient (Wildman–Crippen LogP) is 8.19. The number of hydrogen-bond donors (Lipinski definition) is 0. The van der Waals surface area contributed by atoms with Gasteiger partial charge in [0.25, 0.3) is 0 Å². The van der Waals surface area contributed by atoms with E-state index < -0.39 is 72.5 Å². The fourth-order valence-corrected chi connectivity index (χ4v) is 14.8. The molecule has 18 nitrogen and oxygen atoms in total. The van der Waals surface area contributed by atoms with E-state index in [1.165, 1.54) is 23.9 Å². The fraction of sp³-hybridized carbons (Fsp3) is 0.667. The summed E-state index contributed by atoms with van der Waals surface area (Å²) in [5.41, 5.74) is -0.155. The van der Waals surface area contributed by atoms with Crippen LogP contribution < -0.4 is 4.74 Å². The Hall–Kier alpha value is -5.91. The van der Waals surface area contributed by atoms with E-state index in [0.717, 1.165) is 76.2 Å². The quantitative estimate of drug-likeness (QED) is 0.105. The largest absolute Gasteiger partial charge is 0.497 e. The molecule has 0 amide bonds. The molecule has 1 saturated heterocycles. The number of carbonyl (C=O) groups excluding carboxylic acids is 7. The molecule has 1 aliphatic heterocycles. The van der Waals surface area contributed by atoms with Gasteiger partial charge in [0.05, 0.1) is 18.7 Å². The molecule has 4 saturated carbocycles. The third-order valence-electron chi connectivity index (χ3n) is 18.9. The maximum atomic E-state index is 15.2. The van der Waals surface area contributed by atoms with Crippen LogP contribution in [-0.2, 0) is 73.3 Å². The van der Waals surface area contributed by atoms with Crippen molar-refractivity contribution in [2.75, 3.05) is 13.7 Å². The van der Waals surface area contributed by atoms with E-state index in [4.69, 9.17) is 37.9 Å². The van der Waals surface area contributed by atoms with Gasteiger partial charge in [-0.25, -0.2) is 9.48 Å². The highest BCUT2D eigenvalue weighted by atomic mass is 16.7. The molecule has 14 atom stereocenters. The van der Waals surface area contributed by atoms with Gasteiger partial charge in [0.1, 0.15) is 36.9 Å². The number of carbonyl (C=O) groups is 7. The molecule has 0 radical (unpaired) electrons. The molecule has 5 aliphatic carbocycles. The number of benzene rings is 1. The summed E-state index contributed by atoms with van der Waals surface area (Å²) < 4.78 is 46.9. The molecule has 0 spiro atoms. The molecule has 2 aromatic rings. The Labute approximate surface area is 439 Å². The second kappa shape index (κ2) is 20.6. The van der Waals surface area contributed by atoms with Crippen molar-refractivity contribution in [2.24, 2.45) is 50.2 Å². The normalized spacial score (nSPS) is 36.7. The molecule has 408 valence electrons. The monoisotopic (exact) mass is 1040 g/mol. The van der Waals surface area contributed by atoms with Crippen molar-refractivity contribution in [1.82, 2.24) is 15.0 Å². The highest BCUT2D eigenvalue weighted by Crippen LogP contribution is 2.75. The maximum absolute atomic E-state index is 15.2. The van der Waals surface area contributed by atoms with Crippen molar-refractivity contribution in [3.8, 4) is 5.75 Å². The van der Waals surface area contributed by atoms with Crippen LogP contribution >= 0.6 is 0 Å². The SMILES string of the molecule is COc1ccc(/C=C/C(=O)O[C@H]2CC[C@@]3(C)C(CC[C@]4(C)[C@@H]3C(=O)C=C3[C@H]5C[C@@](C)(C(=O)OCc6cn([C@@H]7O[C@H](COC(C)=O)[C@H](OC(C)=O)[C@H](OC(C)=O)[C@H]7OC(C)=O)nn6)CC[C@]5(C)CC[C@]34C)C2(C)C)cc1. The maximum Gasteiger partial charge on any atom is 0.331 e. The molecule has 5 fully saturated rings. The van der Waals surface area contributed by atoms with Crippen LogP contribution in [0.5, 0.6) is 5.75 Å². The average molecular weight is 1040 g/mol. The molecule has 1 aromatic carbocycles. The summed E-state index contributed by atoms with van der Waals surface area (Å²) in [4.78, 5) is 91.9. The van der Waals surface area contributed by atoms with Gasteiger partial charge in [-0.15, -0.1) is 5.10 Å². The first-order valence-corrected chi connectivity index (χ1v) is 26.3. The van der Waals surface area contributed by atoms with Gasteiger partial charge in [-0.05, 0) is 128 Å². The van der Waals surface area contributed by atoms with Crippen LogP contribution in [0.25, 0.3) is 6.08 Å². The minimum Gasteiger partial charge on any atom is -0.497 e. The number of ketones is 1. The lowest BCUT2D eigenvalue weighted by atomic mass is 9.33. The molecule has 8 rings (SSSR count). The molecule has 1 unspecified atom stereocenters. The molecule has 18 heteroatoms. The van der Waals surface area contributed by atoms with Crippen molar-refractivity contribution in [1.29, 1.82) is 0 Å². The van der Waals surface area contributed by atoms with E-state index in [2.05, 4.69) is 51.9 Å². The minimum atomic E-state index is -1.41. The number of esters is 6. The van der Waals surface area contributed by atoms with Crippen molar-refractivity contribution < 1.29 is 71.5 Å². The smallest absolute Gasteiger partial charge is 0.331 e. The lowest BCUT2D eigenvalue weighted by Crippen LogP contribution is -2.66. The molecule has 1 aromatic heterocycles. The van der Waals surface area contributed by atoms with E-state index in [1.807, 2.05) is 37.3 Å². The molecular weight excluding hydrogens is 967 g/mol. The first kappa shape index (κ1) is 55.3. The third-order valence-corrected chi connectivity index (χ3v) is 18.9. The van der Waals surface area contributed by atoms with Gasteiger partial charge >= 0.3 is 35.8 Å². The first-order chi connectivity index (χ1) is 35.2. The number of allylic oxidation sites excluding steroid dienone is 2. The van der Waals surface area contributed by atoms with Crippen molar-refractivity contribution in [2.45, 2.75) is 177 Å². The molecular formula is C57H75N3O15. The third kappa shape index (κ3) is 10.3. The Bertz CT molecular complexity index is 2640. The van der Waals surface area contributed by atoms with Crippen LogP contribution in [0.1, 0.15) is 151 Å². The van der Waals surface area contributed by atoms with Crippen LogP contribution in [0.3, 0.4) is 0 Å². The van der Waals surface area contributed by atoms with E-state index >= 15 is 4.79 Å². The molecule has 0 N–H and O–H groups in total. The van der Waals surface area contributed by atoms with Crippen LogP contribution in [0.15, 0.2) is 48.2 Å². The van der Waals surface area contributed by atoms with E-state index in [1.54, 1.807) is 13.2 Å². The average Bonchev–Trinajstić information content (AvgIpc) is 3.84. The van der Waals surface area contributed by atoms with E-state index in [-0.39, 0.29) is 75.0 Å². The van der Waals surface area contributed by atoms with Gasteiger partial charge in [0, 0.05) is 45.1 Å². The van der Waals surface area contributed by atoms with Crippen molar-refractivity contribution in [3.05, 3.63) is 59.4 Å². The number of nitrogens with zero attached hydrogens (tertiary/aromatic N) is 3. The van der Waals surface area contributed by atoms with E-state index in [0.29, 0.717) is 19.3 Å². The highest BCUT2D eigenvalue weighted by Gasteiger charge is 2.71. The lowest BCUT2D eigenvalue weighted by Gasteiger charge is -2.70. The highest BCUT2D eigenvalue weighted by molar-refractivity contribution is 5.96. The summed E-state index contributed by atoms with van der Waals surface area (Å²) in [6.45, 7) is 19.6. The predicted molar refractivity (Wildman–Crippen MR) is 268 cm³/mol.